The number of aromatic hydroxyl groups is 2. The van der Waals surface area contributed by atoms with Crippen molar-refractivity contribution in [1.29, 1.82) is 0 Å². The van der Waals surface area contributed by atoms with E-state index in [4.69, 9.17) is 25.9 Å². The Morgan fingerprint density at radius 1 is 1.21 bits per heavy atom. The van der Waals surface area contributed by atoms with Crippen LogP contribution in [-0.4, -0.2) is 58.3 Å². The lowest BCUT2D eigenvalue weighted by molar-refractivity contribution is 0.0306. The first-order valence-electron chi connectivity index (χ1n) is 12.7. The third-order valence-corrected chi connectivity index (χ3v) is 6.60. The molecule has 38 heavy (non-hydrogen) atoms. The predicted molar refractivity (Wildman–Crippen MR) is 143 cm³/mol. The molecule has 3 heterocycles. The van der Waals surface area contributed by atoms with Gasteiger partial charge in [-0.2, -0.15) is 0 Å². The molecule has 10 heteroatoms. The van der Waals surface area contributed by atoms with Gasteiger partial charge >= 0.3 is 5.97 Å². The van der Waals surface area contributed by atoms with Crippen molar-refractivity contribution in [3.63, 3.8) is 0 Å². The number of benzene rings is 1. The number of cyclic esters (lactones) is 1. The van der Waals surface area contributed by atoms with Crippen LogP contribution in [0.15, 0.2) is 60.1 Å². The van der Waals surface area contributed by atoms with Crippen molar-refractivity contribution >= 4 is 23.3 Å². The molecule has 1 fully saturated rings. The first kappa shape index (κ1) is 27.6. The quantitative estimate of drug-likeness (QED) is 0.193. The molecular weight excluding hydrogens is 510 g/mol. The van der Waals surface area contributed by atoms with Crippen LogP contribution in [0.1, 0.15) is 47.7 Å². The molecule has 0 amide bonds. The number of hydrogen-bond acceptors (Lipinski definition) is 9. The molecule has 2 aliphatic heterocycles. The van der Waals surface area contributed by atoms with Crippen LogP contribution in [0.4, 0.5) is 0 Å². The zero-order valence-electron chi connectivity index (χ0n) is 21.2. The molecule has 1 saturated heterocycles. The van der Waals surface area contributed by atoms with Gasteiger partial charge in [0.05, 0.1) is 16.8 Å². The molecule has 0 aliphatic carbocycles. The van der Waals surface area contributed by atoms with E-state index in [1.54, 1.807) is 31.5 Å². The minimum absolute atomic E-state index is 0.0278. The van der Waals surface area contributed by atoms with Gasteiger partial charge < -0.3 is 29.8 Å². The van der Waals surface area contributed by atoms with E-state index in [1.807, 2.05) is 24.3 Å². The van der Waals surface area contributed by atoms with Crippen LogP contribution in [0.2, 0.25) is 5.02 Å². The monoisotopic (exact) mass is 541 g/mol. The fourth-order valence-electron chi connectivity index (χ4n) is 4.13. The summed E-state index contributed by atoms with van der Waals surface area (Å²) in [6.45, 7) is 3.77. The number of fused-ring (bicyclic) bond motifs is 2. The van der Waals surface area contributed by atoms with Gasteiger partial charge in [0, 0.05) is 37.8 Å². The summed E-state index contributed by atoms with van der Waals surface area (Å²) in [6.07, 6.45) is 12.6. The zero-order valence-corrected chi connectivity index (χ0v) is 21.9. The van der Waals surface area contributed by atoms with Gasteiger partial charge in [-0.3, -0.25) is 4.98 Å². The number of hydrogen-bond donors (Lipinski definition) is 3. The lowest BCUT2D eigenvalue weighted by atomic mass is 9.99. The maximum Gasteiger partial charge on any atom is 0.342 e. The summed E-state index contributed by atoms with van der Waals surface area (Å²) in [4.78, 5) is 22.6. The first-order chi connectivity index (χ1) is 18.4. The molecule has 0 saturated carbocycles. The highest BCUT2D eigenvalue weighted by Gasteiger charge is 2.38. The number of nitrogens with zero attached hydrogens (tertiary/aromatic N) is 2. The Morgan fingerprint density at radius 2 is 2.03 bits per heavy atom. The maximum atomic E-state index is 13.0. The standard InChI is InChI=1S/C28H32ClN3O6/c1-18-14-25-24(38-25)7-3-2-6-20(15-21-26(28(35)37-18)22(33)16-23(34)27(21)29)32-36-13-5-4-10-31-17-19-8-11-30-12-9-19/h2-3,6-9,11-12,16,18,24-25,31,33-34H,4-5,10,13-15,17H2,1H3/b6-2+,7-3-,32-20+. The van der Waals surface area contributed by atoms with Crippen LogP contribution in [-0.2, 0) is 27.3 Å². The Morgan fingerprint density at radius 3 is 2.84 bits per heavy atom. The summed E-state index contributed by atoms with van der Waals surface area (Å²) in [6, 6.07) is 4.98. The van der Waals surface area contributed by atoms with Crippen LogP contribution >= 0.6 is 11.6 Å². The van der Waals surface area contributed by atoms with Crippen molar-refractivity contribution in [1.82, 2.24) is 10.3 Å². The molecule has 3 N–H and O–H groups in total. The molecule has 1 aromatic carbocycles. The molecular formula is C28H32ClN3O6. The van der Waals surface area contributed by atoms with Crippen molar-refractivity contribution < 1.29 is 29.3 Å². The summed E-state index contributed by atoms with van der Waals surface area (Å²) < 4.78 is 11.2. The van der Waals surface area contributed by atoms with Gasteiger partial charge in [0.2, 0.25) is 0 Å². The Balaban J connectivity index is 1.42. The minimum atomic E-state index is -0.736. The highest BCUT2D eigenvalue weighted by atomic mass is 35.5. The topological polar surface area (TPSA) is 126 Å². The van der Waals surface area contributed by atoms with Crippen molar-refractivity contribution in [3.8, 4) is 11.5 Å². The second kappa shape index (κ2) is 13.4. The molecule has 2 aliphatic rings. The number of oxime groups is 1. The van der Waals surface area contributed by atoms with E-state index < -0.39 is 17.8 Å². The molecule has 4 rings (SSSR count). The van der Waals surface area contributed by atoms with Crippen molar-refractivity contribution in [2.75, 3.05) is 13.2 Å². The van der Waals surface area contributed by atoms with E-state index in [1.165, 1.54) is 5.56 Å². The van der Waals surface area contributed by atoms with Crippen LogP contribution in [0.5, 0.6) is 11.5 Å². The number of carbonyl (C=O) groups excluding carboxylic acids is 1. The first-order valence-corrected chi connectivity index (χ1v) is 13.0. The smallest absolute Gasteiger partial charge is 0.342 e. The van der Waals surface area contributed by atoms with Gasteiger partial charge in [-0.15, -0.1) is 0 Å². The van der Waals surface area contributed by atoms with Gasteiger partial charge in [-0.25, -0.2) is 4.79 Å². The van der Waals surface area contributed by atoms with Crippen LogP contribution in [0.3, 0.4) is 0 Å². The molecule has 3 atom stereocenters. The highest BCUT2D eigenvalue weighted by Crippen LogP contribution is 2.38. The lowest BCUT2D eigenvalue weighted by Gasteiger charge is -2.17. The number of aromatic nitrogens is 1. The van der Waals surface area contributed by atoms with Crippen LogP contribution < -0.4 is 5.32 Å². The Labute approximate surface area is 226 Å². The number of pyridine rings is 1. The fraction of sp³-hybridized carbons (Fsp3) is 0.393. The SMILES string of the molecule is CC1CC2OC2\C=C/C=C/C(=N\OCCCCNCc2ccncc2)Cc2c(Cl)c(O)cc(O)c2C(=O)O1. The highest BCUT2D eigenvalue weighted by molar-refractivity contribution is 6.33. The van der Waals surface area contributed by atoms with E-state index in [2.05, 4.69) is 15.5 Å². The van der Waals surface area contributed by atoms with Gasteiger partial charge in [0.25, 0.3) is 0 Å². The van der Waals surface area contributed by atoms with Crippen LogP contribution in [0, 0.1) is 0 Å². The van der Waals surface area contributed by atoms with Gasteiger partial charge in [0.15, 0.2) is 0 Å². The number of unbranched alkanes of at least 4 members (excludes halogenated alkanes) is 1. The summed E-state index contributed by atoms with van der Waals surface area (Å²) in [5.41, 5.74) is 1.72. The van der Waals surface area contributed by atoms with Crippen LogP contribution in [0.25, 0.3) is 0 Å². The summed E-state index contributed by atoms with van der Waals surface area (Å²) in [7, 11) is 0. The lowest BCUT2D eigenvalue weighted by Crippen LogP contribution is -2.20. The molecule has 0 spiro atoms. The van der Waals surface area contributed by atoms with Gasteiger partial charge in [-0.1, -0.05) is 35.0 Å². The number of carbonyl (C=O) groups is 1. The van der Waals surface area contributed by atoms with Gasteiger partial charge in [-0.05, 0) is 55.6 Å². The number of rotatable bonds is 8. The van der Waals surface area contributed by atoms with E-state index >= 15 is 0 Å². The summed E-state index contributed by atoms with van der Waals surface area (Å²) >= 11 is 6.37. The fourth-order valence-corrected chi connectivity index (χ4v) is 4.35. The largest absolute Gasteiger partial charge is 0.507 e. The molecule has 202 valence electrons. The number of esters is 1. The average molecular weight is 542 g/mol. The predicted octanol–water partition coefficient (Wildman–Crippen LogP) is 4.46. The Kier molecular flexibility index (Phi) is 9.75. The normalized spacial score (nSPS) is 24.0. The number of phenols is 2. The number of nitrogens with one attached hydrogen (secondary N) is 1. The number of allylic oxidation sites excluding steroid dienone is 3. The third kappa shape index (κ3) is 7.80. The molecule has 3 unspecified atom stereocenters. The van der Waals surface area contributed by atoms with E-state index in [0.29, 0.717) is 18.7 Å². The molecule has 1 aromatic heterocycles. The maximum absolute atomic E-state index is 13.0. The zero-order chi connectivity index (χ0) is 26.9. The number of ether oxygens (including phenoxy) is 2. The van der Waals surface area contributed by atoms with Crippen molar-refractivity contribution in [2.45, 2.75) is 57.5 Å². The molecule has 0 radical (unpaired) electrons. The van der Waals surface area contributed by atoms with Crippen molar-refractivity contribution in [3.05, 3.63) is 76.6 Å². The van der Waals surface area contributed by atoms with E-state index in [-0.39, 0.29) is 40.5 Å². The summed E-state index contributed by atoms with van der Waals surface area (Å²) in [5.74, 6) is -1.50. The number of halogens is 1. The summed E-state index contributed by atoms with van der Waals surface area (Å²) in [5, 5.41) is 28.3. The minimum Gasteiger partial charge on any atom is -0.507 e. The van der Waals surface area contributed by atoms with Gasteiger partial charge in [0.1, 0.15) is 35.9 Å². The molecule has 2 aromatic rings. The van der Waals surface area contributed by atoms with E-state index in [0.717, 1.165) is 32.0 Å². The Hall–Kier alpha value is -3.40. The Bertz CT molecular complexity index is 1200. The van der Waals surface area contributed by atoms with E-state index in [9.17, 15) is 15.0 Å². The molecule has 9 nitrogen and oxygen atoms in total. The third-order valence-electron chi connectivity index (χ3n) is 6.18. The second-order valence-electron chi connectivity index (χ2n) is 9.25. The number of phenolic OH excluding ortho intramolecular Hbond substituents is 2. The molecule has 0 bridgehead atoms. The number of epoxide rings is 1. The average Bonchev–Trinajstić information content (AvgIpc) is 3.63. The second-order valence-corrected chi connectivity index (χ2v) is 9.63. The van der Waals surface area contributed by atoms with Crippen molar-refractivity contribution in [2.24, 2.45) is 5.16 Å².